The van der Waals surface area contributed by atoms with Gasteiger partial charge in [0, 0.05) is 24.9 Å². The molecule has 0 aliphatic heterocycles. The first kappa shape index (κ1) is 11.8. The highest BCUT2D eigenvalue weighted by molar-refractivity contribution is 5.71. The van der Waals surface area contributed by atoms with Gasteiger partial charge in [-0.1, -0.05) is 20.8 Å². The van der Waals surface area contributed by atoms with Gasteiger partial charge in [0.05, 0.1) is 13.0 Å². The molecule has 1 aromatic heterocycles. The molecule has 0 saturated heterocycles. The van der Waals surface area contributed by atoms with Crippen LogP contribution in [0.4, 0.5) is 0 Å². The maximum atomic E-state index is 11.3. The number of esters is 1. The minimum Gasteiger partial charge on any atom is -0.469 e. The maximum absolute atomic E-state index is 11.3. The molecular weight excluding hydrogens is 192 g/mol. The third kappa shape index (κ3) is 2.81. The fourth-order valence-electron chi connectivity index (χ4n) is 1.55. The van der Waals surface area contributed by atoms with Crippen molar-refractivity contribution in [2.75, 3.05) is 7.11 Å². The highest BCUT2D eigenvalue weighted by Crippen LogP contribution is 2.13. The fourth-order valence-corrected chi connectivity index (χ4v) is 1.55. The molecule has 1 heterocycles. The van der Waals surface area contributed by atoms with Crippen LogP contribution in [0.5, 0.6) is 0 Å². The maximum Gasteiger partial charge on any atom is 0.310 e. The van der Waals surface area contributed by atoms with Crippen LogP contribution < -0.4 is 0 Å². The summed E-state index contributed by atoms with van der Waals surface area (Å²) < 4.78 is 6.69. The largest absolute Gasteiger partial charge is 0.469 e. The van der Waals surface area contributed by atoms with Crippen molar-refractivity contribution in [1.82, 2.24) is 9.55 Å². The summed E-state index contributed by atoms with van der Waals surface area (Å²) in [7, 11) is 1.41. The van der Waals surface area contributed by atoms with E-state index in [0.717, 1.165) is 5.82 Å². The van der Waals surface area contributed by atoms with Crippen molar-refractivity contribution in [3.8, 4) is 0 Å². The summed E-state index contributed by atoms with van der Waals surface area (Å²) in [5.41, 5.74) is 0. The Morgan fingerprint density at radius 1 is 1.53 bits per heavy atom. The van der Waals surface area contributed by atoms with Crippen LogP contribution in [0, 0.1) is 5.92 Å². The molecule has 0 fully saturated rings. The Morgan fingerprint density at radius 2 is 2.20 bits per heavy atom. The van der Waals surface area contributed by atoms with E-state index < -0.39 is 0 Å². The molecule has 1 aromatic rings. The Balaban J connectivity index is 2.72. The summed E-state index contributed by atoms with van der Waals surface area (Å²) in [6, 6.07) is 0. The molecule has 0 saturated carbocycles. The number of methoxy groups -OCH3 is 1. The van der Waals surface area contributed by atoms with Crippen LogP contribution in [0.15, 0.2) is 12.4 Å². The van der Waals surface area contributed by atoms with Crippen molar-refractivity contribution in [1.29, 1.82) is 0 Å². The first-order valence-electron chi connectivity index (χ1n) is 5.15. The number of hydrogen-bond acceptors (Lipinski definition) is 3. The average Bonchev–Trinajstić information content (AvgIpc) is 2.64. The second-order valence-electron chi connectivity index (χ2n) is 4.02. The number of aromatic nitrogens is 2. The lowest BCUT2D eigenvalue weighted by Gasteiger charge is -2.13. The average molecular weight is 210 g/mol. The van der Waals surface area contributed by atoms with Crippen molar-refractivity contribution in [2.45, 2.75) is 33.2 Å². The van der Waals surface area contributed by atoms with Crippen molar-refractivity contribution in [2.24, 2.45) is 5.92 Å². The molecule has 4 heteroatoms. The second kappa shape index (κ2) is 4.96. The molecule has 0 aliphatic rings. The Labute approximate surface area is 90.3 Å². The summed E-state index contributed by atoms with van der Waals surface area (Å²) in [5, 5.41) is 0. The first-order chi connectivity index (χ1) is 7.06. The van der Waals surface area contributed by atoms with Crippen LogP contribution in [0.2, 0.25) is 0 Å². The van der Waals surface area contributed by atoms with E-state index in [4.69, 9.17) is 0 Å². The van der Waals surface area contributed by atoms with Gasteiger partial charge in [0.15, 0.2) is 0 Å². The van der Waals surface area contributed by atoms with Gasteiger partial charge in [0.25, 0.3) is 0 Å². The number of carbonyl (C=O) groups excluding carboxylic acids is 1. The molecule has 0 aliphatic carbocycles. The van der Waals surface area contributed by atoms with Gasteiger partial charge in [-0.2, -0.15) is 0 Å². The van der Waals surface area contributed by atoms with E-state index in [1.807, 2.05) is 17.7 Å². The van der Waals surface area contributed by atoms with Gasteiger partial charge in [-0.05, 0) is 0 Å². The van der Waals surface area contributed by atoms with Crippen molar-refractivity contribution in [3.05, 3.63) is 18.2 Å². The molecule has 1 rings (SSSR count). The smallest absolute Gasteiger partial charge is 0.310 e. The molecule has 4 nitrogen and oxygen atoms in total. The Hall–Kier alpha value is -1.32. The van der Waals surface area contributed by atoms with Crippen LogP contribution in [0.1, 0.15) is 32.5 Å². The van der Waals surface area contributed by atoms with Gasteiger partial charge >= 0.3 is 5.97 Å². The number of carbonyl (C=O) groups is 1. The van der Waals surface area contributed by atoms with E-state index >= 15 is 0 Å². The Bertz CT molecular complexity index is 331. The summed E-state index contributed by atoms with van der Waals surface area (Å²) >= 11 is 0. The lowest BCUT2D eigenvalue weighted by Crippen LogP contribution is -2.20. The summed E-state index contributed by atoms with van der Waals surface area (Å²) in [6.07, 6.45) is 3.66. The molecule has 0 radical (unpaired) electrons. The third-order valence-corrected chi connectivity index (χ3v) is 2.34. The van der Waals surface area contributed by atoms with Crippen molar-refractivity contribution in [3.63, 3.8) is 0 Å². The predicted octanol–water partition coefficient (Wildman–Crippen LogP) is 1.82. The molecule has 0 spiro atoms. The molecule has 84 valence electrons. The van der Waals surface area contributed by atoms with Crippen LogP contribution in [-0.4, -0.2) is 22.6 Å². The summed E-state index contributed by atoms with van der Waals surface area (Å²) in [6.45, 7) is 6.65. The van der Waals surface area contributed by atoms with E-state index in [1.165, 1.54) is 7.11 Å². The van der Waals surface area contributed by atoms with Gasteiger partial charge in [-0.15, -0.1) is 0 Å². The number of ether oxygens (including phenoxy) is 1. The van der Waals surface area contributed by atoms with Gasteiger partial charge in [0.2, 0.25) is 0 Å². The molecule has 0 N–H and O–H groups in total. The summed E-state index contributed by atoms with van der Waals surface area (Å²) in [4.78, 5) is 15.5. The molecule has 1 atom stereocenters. The zero-order valence-electron chi connectivity index (χ0n) is 9.73. The quantitative estimate of drug-likeness (QED) is 0.712. The highest BCUT2D eigenvalue weighted by Gasteiger charge is 2.16. The molecule has 15 heavy (non-hydrogen) atoms. The fraction of sp³-hybridized carbons (Fsp3) is 0.636. The summed E-state index contributed by atoms with van der Waals surface area (Å²) in [5.74, 6) is 1.05. The Morgan fingerprint density at radius 3 is 2.73 bits per heavy atom. The third-order valence-electron chi connectivity index (χ3n) is 2.34. The highest BCUT2D eigenvalue weighted by atomic mass is 16.5. The van der Waals surface area contributed by atoms with Crippen LogP contribution in [0.3, 0.4) is 0 Å². The predicted molar refractivity (Wildman–Crippen MR) is 57.5 cm³/mol. The minimum absolute atomic E-state index is 0.137. The van der Waals surface area contributed by atoms with E-state index in [-0.39, 0.29) is 11.9 Å². The van der Waals surface area contributed by atoms with E-state index in [1.54, 1.807) is 6.20 Å². The molecular formula is C11H18N2O2. The Kier molecular flexibility index (Phi) is 3.88. The number of hydrogen-bond donors (Lipinski definition) is 0. The van der Waals surface area contributed by atoms with E-state index in [2.05, 4.69) is 23.6 Å². The number of nitrogens with zero attached hydrogens (tertiary/aromatic N) is 2. The molecule has 0 aromatic carbocycles. The second-order valence-corrected chi connectivity index (χ2v) is 4.02. The number of imidazole rings is 1. The van der Waals surface area contributed by atoms with Crippen LogP contribution in [-0.2, 0) is 16.1 Å². The van der Waals surface area contributed by atoms with E-state index in [0.29, 0.717) is 12.5 Å². The van der Waals surface area contributed by atoms with Gasteiger partial charge in [-0.25, -0.2) is 4.98 Å². The monoisotopic (exact) mass is 210 g/mol. The SMILES string of the molecule is COC(=O)C(C)Cn1ccnc1C(C)C. The van der Waals surface area contributed by atoms with Crippen molar-refractivity contribution >= 4 is 5.97 Å². The number of rotatable bonds is 4. The molecule has 1 unspecified atom stereocenters. The molecule has 0 amide bonds. The van der Waals surface area contributed by atoms with Gasteiger partial charge in [0.1, 0.15) is 5.82 Å². The lowest BCUT2D eigenvalue weighted by molar-refractivity contribution is -0.145. The zero-order chi connectivity index (χ0) is 11.4. The standard InChI is InChI=1S/C11H18N2O2/c1-8(2)10-12-5-6-13(10)7-9(3)11(14)15-4/h5-6,8-9H,7H2,1-4H3. The first-order valence-corrected chi connectivity index (χ1v) is 5.15. The van der Waals surface area contributed by atoms with Crippen LogP contribution >= 0.6 is 0 Å². The molecule has 0 bridgehead atoms. The topological polar surface area (TPSA) is 44.1 Å². The van der Waals surface area contributed by atoms with Gasteiger partial charge in [-0.3, -0.25) is 4.79 Å². The van der Waals surface area contributed by atoms with Crippen molar-refractivity contribution < 1.29 is 9.53 Å². The van der Waals surface area contributed by atoms with Crippen LogP contribution in [0.25, 0.3) is 0 Å². The lowest BCUT2D eigenvalue weighted by atomic mass is 10.1. The minimum atomic E-state index is -0.182. The normalized spacial score (nSPS) is 12.9. The van der Waals surface area contributed by atoms with Gasteiger partial charge < -0.3 is 9.30 Å². The van der Waals surface area contributed by atoms with E-state index in [9.17, 15) is 4.79 Å². The zero-order valence-corrected chi connectivity index (χ0v) is 9.73.